The minimum atomic E-state index is -1.32. The normalized spacial score (nSPS) is 18.2. The molecule has 0 aromatic heterocycles. The van der Waals surface area contributed by atoms with Crippen molar-refractivity contribution in [2.75, 3.05) is 36.0 Å². The van der Waals surface area contributed by atoms with E-state index in [1.54, 1.807) is 25.1 Å². The number of halogens is 3. The number of hydrogen-bond acceptors (Lipinski definition) is 5. The molecule has 2 aliphatic rings. The van der Waals surface area contributed by atoms with Crippen molar-refractivity contribution in [3.05, 3.63) is 57.8 Å². The number of carbonyl (C=O) groups is 4. The van der Waals surface area contributed by atoms with Crippen LogP contribution >= 0.6 is 23.2 Å². The third-order valence-electron chi connectivity index (χ3n) is 5.71. The molecule has 184 valence electrons. The fraction of sp³-hybridized carbons (Fsp3) is 0.304. The Morgan fingerprint density at radius 1 is 1.17 bits per heavy atom. The Bertz CT molecular complexity index is 1210. The molecular weight excluding hydrogens is 502 g/mol. The number of rotatable bonds is 6. The number of hydrogen-bond donors (Lipinski definition) is 1. The predicted molar refractivity (Wildman–Crippen MR) is 127 cm³/mol. The van der Waals surface area contributed by atoms with Gasteiger partial charge in [0.1, 0.15) is 5.82 Å². The molecule has 0 radical (unpaired) electrons. The fourth-order valence-electron chi connectivity index (χ4n) is 3.97. The second-order valence-electron chi connectivity index (χ2n) is 7.85. The van der Waals surface area contributed by atoms with Crippen molar-refractivity contribution in [2.45, 2.75) is 13.5 Å². The molecule has 2 aromatic rings. The summed E-state index contributed by atoms with van der Waals surface area (Å²) >= 11 is 12.3. The highest BCUT2D eigenvalue weighted by molar-refractivity contribution is 6.42. The number of benzene rings is 2. The van der Waals surface area contributed by atoms with Gasteiger partial charge in [0.15, 0.2) is 5.92 Å². The summed E-state index contributed by atoms with van der Waals surface area (Å²) in [6.07, 6.45) is 0. The standard InChI is InChI=1S/C23H21Cl2FN4O5/c1-2-35-21(32)15-12-29(14-6-7-18(17(26)10-14)28-9-8-27-22(28)33)23(34)30(20(15)31)11-13-4-3-5-16(24)19(13)25/h3-7,10,15H,2,8-9,11-12H2,1H3,(H,27,33). The van der Waals surface area contributed by atoms with Gasteiger partial charge in [-0.2, -0.15) is 0 Å². The summed E-state index contributed by atoms with van der Waals surface area (Å²) in [5, 5.41) is 3.00. The van der Waals surface area contributed by atoms with Gasteiger partial charge in [0, 0.05) is 18.8 Å². The highest BCUT2D eigenvalue weighted by Gasteiger charge is 2.44. The number of ether oxygens (including phenoxy) is 1. The van der Waals surface area contributed by atoms with E-state index < -0.39 is 35.7 Å². The van der Waals surface area contributed by atoms with Crippen molar-refractivity contribution in [1.82, 2.24) is 10.2 Å². The van der Waals surface area contributed by atoms with Gasteiger partial charge in [0.25, 0.3) is 0 Å². The van der Waals surface area contributed by atoms with E-state index in [1.807, 2.05) is 0 Å². The quantitative estimate of drug-likeness (QED) is 0.459. The molecule has 5 amide bonds. The van der Waals surface area contributed by atoms with E-state index in [2.05, 4.69) is 5.32 Å². The van der Waals surface area contributed by atoms with Gasteiger partial charge >= 0.3 is 18.0 Å². The molecule has 0 bridgehead atoms. The number of imide groups is 1. The molecule has 35 heavy (non-hydrogen) atoms. The van der Waals surface area contributed by atoms with Gasteiger partial charge in [-0.05, 0) is 36.8 Å². The van der Waals surface area contributed by atoms with E-state index in [-0.39, 0.29) is 41.1 Å². The monoisotopic (exact) mass is 522 g/mol. The maximum atomic E-state index is 15.0. The van der Waals surface area contributed by atoms with Crippen molar-refractivity contribution < 1.29 is 28.3 Å². The largest absolute Gasteiger partial charge is 0.465 e. The molecular formula is C23H21Cl2FN4O5. The Morgan fingerprint density at radius 2 is 1.94 bits per heavy atom. The summed E-state index contributed by atoms with van der Waals surface area (Å²) in [5.41, 5.74) is 0.556. The molecule has 4 rings (SSSR count). The molecule has 12 heteroatoms. The zero-order chi connectivity index (χ0) is 25.3. The van der Waals surface area contributed by atoms with E-state index in [0.717, 1.165) is 15.9 Å². The van der Waals surface area contributed by atoms with E-state index in [0.29, 0.717) is 18.7 Å². The Kier molecular flexibility index (Phi) is 7.13. The number of carbonyl (C=O) groups excluding carboxylic acids is 4. The summed E-state index contributed by atoms with van der Waals surface area (Å²) in [6, 6.07) is 7.49. The summed E-state index contributed by atoms with van der Waals surface area (Å²) in [4.78, 5) is 54.2. The highest BCUT2D eigenvalue weighted by atomic mass is 35.5. The van der Waals surface area contributed by atoms with E-state index in [1.165, 1.54) is 17.0 Å². The molecule has 2 aliphatic heterocycles. The number of anilines is 2. The Balaban J connectivity index is 1.69. The summed E-state index contributed by atoms with van der Waals surface area (Å²) < 4.78 is 20.0. The first kappa shape index (κ1) is 24.7. The molecule has 0 saturated carbocycles. The van der Waals surface area contributed by atoms with Crippen LogP contribution < -0.4 is 15.1 Å². The van der Waals surface area contributed by atoms with E-state index in [9.17, 15) is 23.6 Å². The Labute approximate surface area is 210 Å². The summed E-state index contributed by atoms with van der Waals surface area (Å²) in [7, 11) is 0. The van der Waals surface area contributed by atoms with Crippen LogP contribution in [0.5, 0.6) is 0 Å². The second-order valence-corrected chi connectivity index (χ2v) is 8.64. The third kappa shape index (κ3) is 4.76. The lowest BCUT2D eigenvalue weighted by atomic mass is 10.0. The zero-order valence-corrected chi connectivity index (χ0v) is 20.1. The minimum absolute atomic E-state index is 0.0396. The molecule has 1 unspecified atom stereocenters. The van der Waals surface area contributed by atoms with Crippen molar-refractivity contribution in [3.63, 3.8) is 0 Å². The maximum absolute atomic E-state index is 15.0. The molecule has 1 atom stereocenters. The van der Waals surface area contributed by atoms with E-state index >= 15 is 0 Å². The van der Waals surface area contributed by atoms with Gasteiger partial charge in [-0.15, -0.1) is 0 Å². The lowest BCUT2D eigenvalue weighted by Crippen LogP contribution is -2.58. The van der Waals surface area contributed by atoms with Crippen molar-refractivity contribution in [1.29, 1.82) is 0 Å². The topological polar surface area (TPSA) is 99.3 Å². The van der Waals surface area contributed by atoms with Crippen molar-refractivity contribution in [2.24, 2.45) is 5.92 Å². The van der Waals surface area contributed by atoms with Crippen LogP contribution in [0.4, 0.5) is 25.4 Å². The third-order valence-corrected chi connectivity index (χ3v) is 6.57. The lowest BCUT2D eigenvalue weighted by molar-refractivity contribution is -0.154. The predicted octanol–water partition coefficient (Wildman–Crippen LogP) is 3.81. The summed E-state index contributed by atoms with van der Waals surface area (Å²) in [5.74, 6) is -3.62. The number of esters is 1. The molecule has 2 saturated heterocycles. The first-order valence-corrected chi connectivity index (χ1v) is 11.6. The van der Waals surface area contributed by atoms with E-state index in [4.69, 9.17) is 27.9 Å². The minimum Gasteiger partial charge on any atom is -0.465 e. The van der Waals surface area contributed by atoms with Crippen molar-refractivity contribution in [3.8, 4) is 0 Å². The van der Waals surface area contributed by atoms with Crippen LogP contribution in [0, 0.1) is 11.7 Å². The van der Waals surface area contributed by atoms with Crippen LogP contribution in [0.1, 0.15) is 12.5 Å². The first-order chi connectivity index (χ1) is 16.7. The second kappa shape index (κ2) is 10.1. The Morgan fingerprint density at radius 3 is 2.60 bits per heavy atom. The zero-order valence-electron chi connectivity index (χ0n) is 18.6. The molecule has 0 aliphatic carbocycles. The van der Waals surface area contributed by atoms with Crippen LogP contribution in [0.15, 0.2) is 36.4 Å². The van der Waals surface area contributed by atoms with Crippen molar-refractivity contribution >= 4 is 58.5 Å². The molecule has 1 N–H and O–H groups in total. The van der Waals surface area contributed by atoms with Gasteiger partial charge in [0.05, 0.1) is 35.4 Å². The SMILES string of the molecule is CCOC(=O)C1CN(c2ccc(N3CCNC3=O)c(F)c2)C(=O)N(Cc2cccc(Cl)c2Cl)C1=O. The molecule has 2 heterocycles. The molecule has 0 spiro atoms. The first-order valence-electron chi connectivity index (χ1n) is 10.8. The molecule has 9 nitrogen and oxygen atoms in total. The van der Waals surface area contributed by atoms with Gasteiger partial charge in [-0.25, -0.2) is 14.0 Å². The molecule has 2 fully saturated rings. The van der Waals surface area contributed by atoms with Gasteiger partial charge in [-0.1, -0.05) is 35.3 Å². The smallest absolute Gasteiger partial charge is 0.331 e. The van der Waals surface area contributed by atoms with Crippen LogP contribution in [-0.4, -0.2) is 55.1 Å². The van der Waals surface area contributed by atoms with Crippen LogP contribution in [0.2, 0.25) is 10.0 Å². The number of urea groups is 2. The van der Waals surface area contributed by atoms with Crippen LogP contribution in [0.3, 0.4) is 0 Å². The van der Waals surface area contributed by atoms with Gasteiger partial charge < -0.3 is 10.1 Å². The van der Waals surface area contributed by atoms with Gasteiger partial charge in [-0.3, -0.25) is 24.3 Å². The Hall–Kier alpha value is -3.37. The molecule has 2 aromatic carbocycles. The highest BCUT2D eigenvalue weighted by Crippen LogP contribution is 2.32. The number of nitrogens with zero attached hydrogens (tertiary/aromatic N) is 3. The van der Waals surface area contributed by atoms with Crippen LogP contribution in [-0.2, 0) is 20.9 Å². The fourth-order valence-corrected chi connectivity index (χ4v) is 4.35. The lowest BCUT2D eigenvalue weighted by Gasteiger charge is -2.37. The number of nitrogens with one attached hydrogen (secondary N) is 1. The maximum Gasteiger partial charge on any atom is 0.331 e. The van der Waals surface area contributed by atoms with Gasteiger partial charge in [0.2, 0.25) is 5.91 Å². The average Bonchev–Trinajstić information content (AvgIpc) is 3.25. The van der Waals surface area contributed by atoms with Crippen LogP contribution in [0.25, 0.3) is 0 Å². The average molecular weight is 523 g/mol. The summed E-state index contributed by atoms with van der Waals surface area (Å²) in [6.45, 7) is 1.73. The number of amides is 5.